The van der Waals surface area contributed by atoms with E-state index in [-0.39, 0.29) is 10.8 Å². The van der Waals surface area contributed by atoms with Gasteiger partial charge in [0.1, 0.15) is 0 Å². The largest absolute Gasteiger partial charge is 0.309 e. The van der Waals surface area contributed by atoms with Gasteiger partial charge in [0, 0.05) is 27.3 Å². The van der Waals surface area contributed by atoms with E-state index in [1.54, 1.807) is 0 Å². The fraction of sp³-hybridized carbons (Fsp3) is 0.111. The monoisotopic (exact) mass is 703 g/mol. The second kappa shape index (κ2) is 11.5. The zero-order chi connectivity index (χ0) is 37.1. The summed E-state index contributed by atoms with van der Waals surface area (Å²) >= 11 is 0. The summed E-state index contributed by atoms with van der Waals surface area (Å²) in [6, 6.07) is 65.6. The first kappa shape index (κ1) is 32.0. The first-order valence-electron chi connectivity index (χ1n) is 19.5. The van der Waals surface area contributed by atoms with Crippen molar-refractivity contribution in [2.75, 3.05) is 0 Å². The highest BCUT2D eigenvalue weighted by molar-refractivity contribution is 6.20. The number of hydrogen-bond donors (Lipinski definition) is 0. The number of rotatable bonds is 4. The molecular formula is C54H41N. The van der Waals surface area contributed by atoms with Gasteiger partial charge in [-0.1, -0.05) is 179 Å². The lowest BCUT2D eigenvalue weighted by molar-refractivity contribution is 0.661. The minimum absolute atomic E-state index is 0.155. The highest BCUT2D eigenvalue weighted by Crippen LogP contribution is 2.57. The summed E-state index contributed by atoms with van der Waals surface area (Å²) < 4.78 is 2.48. The standard InChI is InChI=1S/C54H41N/c1-53(2)45-25-11-8-18-37(45)40-21-14-23-42(51(40)53)39-32-33-48-50(49(39)44-24-15-22-41-38-19-9-12-26-46(38)54(3,4)52(41)44)43-20-10-13-27-47(43)55(48)36-30-28-35(29-31-36)34-16-6-5-7-17-34/h5-33H,1-4H3. The van der Waals surface area contributed by atoms with Crippen molar-refractivity contribution in [3.63, 3.8) is 0 Å². The fourth-order valence-corrected chi connectivity index (χ4v) is 10.4. The molecule has 0 aliphatic heterocycles. The number of nitrogens with zero attached hydrogens (tertiary/aromatic N) is 1. The molecule has 2 aliphatic carbocycles. The Morgan fingerprint density at radius 2 is 0.836 bits per heavy atom. The van der Waals surface area contributed by atoms with Gasteiger partial charge in [0.05, 0.1) is 11.0 Å². The first-order chi connectivity index (χ1) is 26.8. The summed E-state index contributed by atoms with van der Waals surface area (Å²) in [6.45, 7) is 9.64. The van der Waals surface area contributed by atoms with Crippen LogP contribution in [-0.2, 0) is 10.8 Å². The van der Waals surface area contributed by atoms with E-state index in [2.05, 4.69) is 208 Å². The van der Waals surface area contributed by atoms with Crippen LogP contribution in [0.1, 0.15) is 49.9 Å². The quantitative estimate of drug-likeness (QED) is 0.172. The van der Waals surface area contributed by atoms with Crippen molar-refractivity contribution >= 4 is 21.8 Å². The van der Waals surface area contributed by atoms with Crippen LogP contribution in [0, 0.1) is 0 Å². The maximum Gasteiger partial charge on any atom is 0.0547 e. The molecule has 0 amide bonds. The molecule has 262 valence electrons. The SMILES string of the molecule is CC1(C)c2ccccc2-c2cccc(-c3ccc4c(c3-c3cccc5c3C(C)(C)c3ccccc3-5)c3ccccc3n4-c3ccc(-c4ccccc4)cc3)c21. The summed E-state index contributed by atoms with van der Waals surface area (Å²) in [5.74, 6) is 0. The molecule has 0 N–H and O–H groups in total. The zero-order valence-electron chi connectivity index (χ0n) is 31.7. The molecule has 0 unspecified atom stereocenters. The molecule has 1 heteroatoms. The lowest BCUT2D eigenvalue weighted by Crippen LogP contribution is -2.17. The molecule has 0 fully saturated rings. The van der Waals surface area contributed by atoms with Crippen LogP contribution >= 0.6 is 0 Å². The van der Waals surface area contributed by atoms with Crippen molar-refractivity contribution < 1.29 is 0 Å². The van der Waals surface area contributed by atoms with Gasteiger partial charge in [-0.2, -0.15) is 0 Å². The van der Waals surface area contributed by atoms with Crippen LogP contribution in [-0.4, -0.2) is 4.57 Å². The van der Waals surface area contributed by atoms with E-state index in [1.807, 2.05) is 0 Å². The Kier molecular flexibility index (Phi) is 6.72. The Hall–Kier alpha value is -6.44. The molecule has 8 aromatic carbocycles. The predicted octanol–water partition coefficient (Wildman–Crippen LogP) is 14.4. The van der Waals surface area contributed by atoms with Crippen LogP contribution in [0.5, 0.6) is 0 Å². The van der Waals surface area contributed by atoms with Crippen molar-refractivity contribution in [3.05, 3.63) is 198 Å². The summed E-state index contributed by atoms with van der Waals surface area (Å²) in [5.41, 5.74) is 21.9. The van der Waals surface area contributed by atoms with E-state index in [0.717, 1.165) is 5.69 Å². The van der Waals surface area contributed by atoms with Crippen LogP contribution in [0.15, 0.2) is 176 Å². The molecule has 2 aliphatic rings. The smallest absolute Gasteiger partial charge is 0.0547 e. The first-order valence-corrected chi connectivity index (χ1v) is 19.5. The molecule has 1 aromatic heterocycles. The van der Waals surface area contributed by atoms with Gasteiger partial charge in [-0.05, 0) is 102 Å². The Morgan fingerprint density at radius 3 is 1.49 bits per heavy atom. The molecule has 0 atom stereocenters. The molecule has 0 radical (unpaired) electrons. The van der Waals surface area contributed by atoms with Crippen LogP contribution in [0.3, 0.4) is 0 Å². The van der Waals surface area contributed by atoms with Gasteiger partial charge < -0.3 is 4.57 Å². The summed E-state index contributed by atoms with van der Waals surface area (Å²) in [5, 5.41) is 2.56. The topological polar surface area (TPSA) is 4.93 Å². The molecule has 1 nitrogen and oxygen atoms in total. The Morgan fingerprint density at radius 1 is 0.345 bits per heavy atom. The Bertz CT molecular complexity index is 3010. The Labute approximate surface area is 323 Å². The normalized spacial score (nSPS) is 14.5. The third-order valence-corrected chi connectivity index (χ3v) is 12.8. The van der Waals surface area contributed by atoms with E-state index >= 15 is 0 Å². The van der Waals surface area contributed by atoms with Gasteiger partial charge in [-0.15, -0.1) is 0 Å². The van der Waals surface area contributed by atoms with E-state index in [4.69, 9.17) is 0 Å². The minimum atomic E-state index is -0.179. The summed E-state index contributed by atoms with van der Waals surface area (Å²) in [7, 11) is 0. The number of fused-ring (bicyclic) bond motifs is 9. The highest BCUT2D eigenvalue weighted by Gasteiger charge is 2.40. The van der Waals surface area contributed by atoms with Gasteiger partial charge in [0.2, 0.25) is 0 Å². The molecule has 0 bridgehead atoms. The summed E-state index contributed by atoms with van der Waals surface area (Å²) in [4.78, 5) is 0. The average Bonchev–Trinajstić information content (AvgIpc) is 3.78. The highest BCUT2D eigenvalue weighted by atomic mass is 15.0. The molecule has 55 heavy (non-hydrogen) atoms. The van der Waals surface area contributed by atoms with Crippen molar-refractivity contribution in [1.29, 1.82) is 0 Å². The van der Waals surface area contributed by atoms with Crippen molar-refractivity contribution in [2.45, 2.75) is 38.5 Å². The van der Waals surface area contributed by atoms with Gasteiger partial charge in [0.25, 0.3) is 0 Å². The van der Waals surface area contributed by atoms with Crippen LogP contribution < -0.4 is 0 Å². The second-order valence-corrected chi connectivity index (χ2v) is 16.4. The molecular weight excluding hydrogens is 663 g/mol. The van der Waals surface area contributed by atoms with Gasteiger partial charge >= 0.3 is 0 Å². The number of para-hydroxylation sites is 1. The molecule has 0 saturated heterocycles. The van der Waals surface area contributed by atoms with Crippen molar-refractivity contribution in [1.82, 2.24) is 4.57 Å². The van der Waals surface area contributed by atoms with Gasteiger partial charge in [-0.3, -0.25) is 0 Å². The average molecular weight is 704 g/mol. The second-order valence-electron chi connectivity index (χ2n) is 16.4. The van der Waals surface area contributed by atoms with E-state index in [0.29, 0.717) is 0 Å². The molecule has 1 heterocycles. The third-order valence-electron chi connectivity index (χ3n) is 12.8. The number of aromatic nitrogens is 1. The number of hydrogen-bond acceptors (Lipinski definition) is 0. The lowest BCUT2D eigenvalue weighted by Gasteiger charge is -2.28. The maximum absolute atomic E-state index is 2.48. The lowest BCUT2D eigenvalue weighted by atomic mass is 9.75. The summed E-state index contributed by atoms with van der Waals surface area (Å²) in [6.07, 6.45) is 0. The van der Waals surface area contributed by atoms with Crippen molar-refractivity contribution in [2.24, 2.45) is 0 Å². The number of benzene rings is 8. The van der Waals surface area contributed by atoms with E-state index in [1.165, 1.54) is 99.7 Å². The fourth-order valence-electron chi connectivity index (χ4n) is 10.4. The molecule has 0 spiro atoms. The predicted molar refractivity (Wildman–Crippen MR) is 232 cm³/mol. The Balaban J connectivity index is 1.26. The van der Waals surface area contributed by atoms with Gasteiger partial charge in [-0.25, -0.2) is 0 Å². The van der Waals surface area contributed by atoms with E-state index in [9.17, 15) is 0 Å². The van der Waals surface area contributed by atoms with Gasteiger partial charge in [0.15, 0.2) is 0 Å². The maximum atomic E-state index is 2.48. The molecule has 9 aromatic rings. The van der Waals surface area contributed by atoms with Crippen molar-refractivity contribution in [3.8, 4) is 61.3 Å². The molecule has 0 saturated carbocycles. The van der Waals surface area contributed by atoms with E-state index < -0.39 is 0 Å². The van der Waals surface area contributed by atoms with Crippen LogP contribution in [0.25, 0.3) is 83.1 Å². The zero-order valence-corrected chi connectivity index (χ0v) is 31.7. The minimum Gasteiger partial charge on any atom is -0.309 e. The van der Waals surface area contributed by atoms with Crippen LogP contribution in [0.2, 0.25) is 0 Å². The van der Waals surface area contributed by atoms with Crippen LogP contribution in [0.4, 0.5) is 0 Å². The third kappa shape index (κ3) is 4.41. The molecule has 11 rings (SSSR count).